The number of hydrogen-bond donors (Lipinski definition) is 0. The molecule has 0 aliphatic rings. The van der Waals surface area contributed by atoms with Crippen LogP contribution in [0.1, 0.15) is 5.56 Å². The van der Waals surface area contributed by atoms with Crippen molar-refractivity contribution < 1.29 is 4.74 Å². The van der Waals surface area contributed by atoms with E-state index in [0.29, 0.717) is 15.3 Å². The standard InChI is InChI=1S/C17H12N4O2S/c1-23-13-4-2-12(3-5-13)15-19-17-21(20-15)16(22)14(24-17)10-11-6-8-18-9-7-11/h2-10H,1H3/b14-10-. The van der Waals surface area contributed by atoms with Crippen molar-refractivity contribution in [2.75, 3.05) is 7.11 Å². The first-order valence-electron chi connectivity index (χ1n) is 7.20. The van der Waals surface area contributed by atoms with Crippen molar-refractivity contribution in [1.29, 1.82) is 0 Å². The molecule has 6 nitrogen and oxygen atoms in total. The van der Waals surface area contributed by atoms with Gasteiger partial charge in [0, 0.05) is 18.0 Å². The highest BCUT2D eigenvalue weighted by Crippen LogP contribution is 2.20. The van der Waals surface area contributed by atoms with Crippen LogP contribution in [0.2, 0.25) is 0 Å². The molecule has 0 amide bonds. The van der Waals surface area contributed by atoms with Gasteiger partial charge in [0.15, 0.2) is 5.82 Å². The van der Waals surface area contributed by atoms with Crippen LogP contribution < -0.4 is 14.8 Å². The van der Waals surface area contributed by atoms with Crippen LogP contribution in [0.25, 0.3) is 22.4 Å². The van der Waals surface area contributed by atoms with Gasteiger partial charge < -0.3 is 4.74 Å². The Morgan fingerprint density at radius 3 is 2.54 bits per heavy atom. The molecule has 4 rings (SSSR count). The first-order valence-corrected chi connectivity index (χ1v) is 8.02. The van der Waals surface area contributed by atoms with Gasteiger partial charge in [0.2, 0.25) is 4.96 Å². The predicted octanol–water partition coefficient (Wildman–Crippen LogP) is 1.77. The quantitative estimate of drug-likeness (QED) is 0.570. The minimum atomic E-state index is -0.168. The molecule has 0 aliphatic heterocycles. The normalized spacial score (nSPS) is 12.0. The van der Waals surface area contributed by atoms with E-state index in [9.17, 15) is 4.79 Å². The molecule has 118 valence electrons. The van der Waals surface area contributed by atoms with Crippen LogP contribution >= 0.6 is 11.3 Å². The molecule has 3 heterocycles. The highest BCUT2D eigenvalue weighted by atomic mass is 32.1. The Balaban J connectivity index is 1.78. The first-order chi connectivity index (χ1) is 11.7. The number of hydrogen-bond acceptors (Lipinski definition) is 6. The molecule has 1 aromatic carbocycles. The van der Waals surface area contributed by atoms with Gasteiger partial charge in [0.25, 0.3) is 5.56 Å². The Labute approximate surface area is 140 Å². The lowest BCUT2D eigenvalue weighted by atomic mass is 10.2. The summed E-state index contributed by atoms with van der Waals surface area (Å²) in [5.41, 5.74) is 1.59. The summed E-state index contributed by atoms with van der Waals surface area (Å²) >= 11 is 1.32. The Morgan fingerprint density at radius 1 is 1.12 bits per heavy atom. The maximum Gasteiger partial charge on any atom is 0.291 e. The molecule has 0 aliphatic carbocycles. The van der Waals surface area contributed by atoms with E-state index < -0.39 is 0 Å². The second kappa shape index (κ2) is 5.86. The number of aromatic nitrogens is 4. The van der Waals surface area contributed by atoms with Crippen LogP contribution in [0.3, 0.4) is 0 Å². The van der Waals surface area contributed by atoms with Gasteiger partial charge in [-0.1, -0.05) is 11.3 Å². The maximum absolute atomic E-state index is 12.5. The Morgan fingerprint density at radius 2 is 1.88 bits per heavy atom. The van der Waals surface area contributed by atoms with Gasteiger partial charge in [0.05, 0.1) is 11.6 Å². The average Bonchev–Trinajstić information content (AvgIpc) is 3.16. The molecule has 0 radical (unpaired) electrons. The molecule has 0 saturated carbocycles. The molecule has 0 N–H and O–H groups in total. The molecule has 24 heavy (non-hydrogen) atoms. The number of fused-ring (bicyclic) bond motifs is 1. The fourth-order valence-electron chi connectivity index (χ4n) is 2.31. The third-order valence-corrected chi connectivity index (χ3v) is 4.49. The molecule has 0 saturated heterocycles. The molecule has 0 fully saturated rings. The lowest BCUT2D eigenvalue weighted by Crippen LogP contribution is -2.23. The Kier molecular flexibility index (Phi) is 3.55. The van der Waals surface area contributed by atoms with Crippen LogP contribution in [-0.2, 0) is 0 Å². The average molecular weight is 336 g/mol. The summed E-state index contributed by atoms with van der Waals surface area (Å²) in [6, 6.07) is 11.1. The summed E-state index contributed by atoms with van der Waals surface area (Å²) in [7, 11) is 1.62. The van der Waals surface area contributed by atoms with E-state index in [0.717, 1.165) is 16.9 Å². The second-order valence-electron chi connectivity index (χ2n) is 5.05. The van der Waals surface area contributed by atoms with Crippen molar-refractivity contribution in [3.05, 3.63) is 69.2 Å². The van der Waals surface area contributed by atoms with Crippen molar-refractivity contribution in [2.24, 2.45) is 0 Å². The smallest absolute Gasteiger partial charge is 0.291 e. The van der Waals surface area contributed by atoms with Gasteiger partial charge >= 0.3 is 0 Å². The van der Waals surface area contributed by atoms with Crippen LogP contribution in [0, 0.1) is 0 Å². The number of rotatable bonds is 3. The van der Waals surface area contributed by atoms with Gasteiger partial charge in [0.1, 0.15) is 5.75 Å². The molecule has 7 heteroatoms. The molecule has 0 spiro atoms. The summed E-state index contributed by atoms with van der Waals surface area (Å²) in [5, 5.41) is 4.33. The largest absolute Gasteiger partial charge is 0.497 e. The zero-order valence-corrected chi connectivity index (χ0v) is 13.5. The fourth-order valence-corrected chi connectivity index (χ4v) is 3.21. The van der Waals surface area contributed by atoms with E-state index in [2.05, 4.69) is 15.1 Å². The van der Waals surface area contributed by atoms with Crippen LogP contribution in [0.15, 0.2) is 53.6 Å². The van der Waals surface area contributed by atoms with Gasteiger partial charge in [-0.15, -0.1) is 5.10 Å². The molecule has 0 atom stereocenters. The van der Waals surface area contributed by atoms with Crippen molar-refractivity contribution in [1.82, 2.24) is 19.6 Å². The van der Waals surface area contributed by atoms with Crippen LogP contribution in [0.4, 0.5) is 0 Å². The van der Waals surface area contributed by atoms with Gasteiger partial charge in [-0.3, -0.25) is 9.78 Å². The van der Waals surface area contributed by atoms with Gasteiger partial charge in [-0.2, -0.15) is 9.50 Å². The third-order valence-electron chi connectivity index (χ3n) is 3.53. The lowest BCUT2D eigenvalue weighted by Gasteiger charge is -1.99. The van der Waals surface area contributed by atoms with E-state index in [-0.39, 0.29) is 5.56 Å². The Bertz CT molecular complexity index is 1100. The van der Waals surface area contributed by atoms with E-state index in [1.165, 1.54) is 15.9 Å². The summed E-state index contributed by atoms with van der Waals surface area (Å²) in [4.78, 5) is 21.5. The monoisotopic (exact) mass is 336 g/mol. The lowest BCUT2D eigenvalue weighted by molar-refractivity contribution is 0.415. The van der Waals surface area contributed by atoms with Crippen molar-refractivity contribution in [3.63, 3.8) is 0 Å². The molecule has 0 unspecified atom stereocenters. The number of nitrogens with zero attached hydrogens (tertiary/aromatic N) is 4. The predicted molar refractivity (Wildman–Crippen MR) is 92.1 cm³/mol. The number of benzene rings is 1. The third kappa shape index (κ3) is 2.55. The van der Waals surface area contributed by atoms with E-state index >= 15 is 0 Å². The Hall–Kier alpha value is -3.06. The highest BCUT2D eigenvalue weighted by molar-refractivity contribution is 7.15. The SMILES string of the molecule is COc1ccc(-c2nc3s/c(=C\c4ccncc4)c(=O)n3n2)cc1. The molecule has 4 aromatic rings. The summed E-state index contributed by atoms with van der Waals surface area (Å²) in [6.07, 6.45) is 5.20. The maximum atomic E-state index is 12.5. The minimum Gasteiger partial charge on any atom is -0.497 e. The molecule has 0 bridgehead atoms. The number of ether oxygens (including phenoxy) is 1. The molecular weight excluding hydrogens is 324 g/mol. The number of methoxy groups -OCH3 is 1. The zero-order valence-electron chi connectivity index (χ0n) is 12.7. The minimum absolute atomic E-state index is 0.168. The van der Waals surface area contributed by atoms with Crippen molar-refractivity contribution in [3.8, 4) is 17.1 Å². The highest BCUT2D eigenvalue weighted by Gasteiger charge is 2.11. The van der Waals surface area contributed by atoms with Crippen LogP contribution in [-0.4, -0.2) is 26.7 Å². The van der Waals surface area contributed by atoms with E-state index in [4.69, 9.17) is 4.74 Å². The fraction of sp³-hybridized carbons (Fsp3) is 0.0588. The van der Waals surface area contributed by atoms with E-state index in [1.54, 1.807) is 19.5 Å². The molecular formula is C17H12N4O2S. The molecule has 3 aromatic heterocycles. The van der Waals surface area contributed by atoms with Gasteiger partial charge in [-0.05, 0) is 48.0 Å². The van der Waals surface area contributed by atoms with Crippen LogP contribution in [0.5, 0.6) is 5.75 Å². The second-order valence-corrected chi connectivity index (χ2v) is 6.06. The zero-order chi connectivity index (χ0) is 16.5. The summed E-state index contributed by atoms with van der Waals surface area (Å²) in [5.74, 6) is 1.29. The first kappa shape index (κ1) is 14.5. The summed E-state index contributed by atoms with van der Waals surface area (Å²) < 4.78 is 7.08. The van der Waals surface area contributed by atoms with Crippen molar-refractivity contribution >= 4 is 22.4 Å². The van der Waals surface area contributed by atoms with E-state index in [1.807, 2.05) is 42.5 Å². The number of pyridine rings is 1. The van der Waals surface area contributed by atoms with Gasteiger partial charge in [-0.25, -0.2) is 0 Å². The topological polar surface area (TPSA) is 69.4 Å². The number of thiazole rings is 1. The van der Waals surface area contributed by atoms with Crippen molar-refractivity contribution in [2.45, 2.75) is 0 Å². The summed E-state index contributed by atoms with van der Waals surface area (Å²) in [6.45, 7) is 0.